The second-order valence-corrected chi connectivity index (χ2v) is 7.63. The van der Waals surface area contributed by atoms with Gasteiger partial charge < -0.3 is 5.32 Å². The molecular formula is C21H20N4OS. The van der Waals surface area contributed by atoms with Crippen LogP contribution in [0.15, 0.2) is 54.0 Å². The number of pyridine rings is 1. The molecule has 0 spiro atoms. The highest BCUT2D eigenvalue weighted by Gasteiger charge is 2.16. The molecule has 0 saturated carbocycles. The SMILES string of the molecule is Cc1ccc(Cn2ncc3c(C(=O)NCc4cccs4)cc(C)nc32)cc1. The van der Waals surface area contributed by atoms with E-state index in [1.165, 1.54) is 5.56 Å². The summed E-state index contributed by atoms with van der Waals surface area (Å²) in [5.41, 5.74) is 4.52. The molecule has 27 heavy (non-hydrogen) atoms. The average Bonchev–Trinajstić information content (AvgIpc) is 3.31. The first-order chi connectivity index (χ1) is 13.1. The fraction of sp³-hybridized carbons (Fsp3) is 0.190. The van der Waals surface area contributed by atoms with E-state index in [-0.39, 0.29) is 5.91 Å². The summed E-state index contributed by atoms with van der Waals surface area (Å²) in [6.45, 7) is 5.12. The highest BCUT2D eigenvalue weighted by molar-refractivity contribution is 7.09. The van der Waals surface area contributed by atoms with Gasteiger partial charge in [0.1, 0.15) is 0 Å². The number of thiophene rings is 1. The topological polar surface area (TPSA) is 59.8 Å². The molecule has 0 aliphatic carbocycles. The summed E-state index contributed by atoms with van der Waals surface area (Å²) in [6.07, 6.45) is 1.73. The third-order valence-corrected chi connectivity index (χ3v) is 5.31. The maximum atomic E-state index is 12.7. The van der Waals surface area contributed by atoms with Crippen LogP contribution in [0.1, 0.15) is 32.1 Å². The molecule has 0 saturated heterocycles. The molecule has 0 bridgehead atoms. The van der Waals surface area contributed by atoms with E-state index in [4.69, 9.17) is 0 Å². The Hall–Kier alpha value is -2.99. The van der Waals surface area contributed by atoms with Crippen LogP contribution in [0, 0.1) is 13.8 Å². The predicted molar refractivity (Wildman–Crippen MR) is 108 cm³/mol. The summed E-state index contributed by atoms with van der Waals surface area (Å²) >= 11 is 1.63. The molecule has 0 aliphatic heterocycles. The van der Waals surface area contributed by atoms with Crippen molar-refractivity contribution in [2.24, 2.45) is 0 Å². The molecule has 5 nitrogen and oxygen atoms in total. The Morgan fingerprint density at radius 3 is 2.74 bits per heavy atom. The van der Waals surface area contributed by atoms with Gasteiger partial charge in [0.25, 0.3) is 5.91 Å². The number of amides is 1. The lowest BCUT2D eigenvalue weighted by molar-refractivity contribution is 0.0953. The third kappa shape index (κ3) is 3.75. The van der Waals surface area contributed by atoms with Gasteiger partial charge in [0.2, 0.25) is 0 Å². The maximum Gasteiger partial charge on any atom is 0.252 e. The van der Waals surface area contributed by atoms with Crippen LogP contribution < -0.4 is 5.32 Å². The van der Waals surface area contributed by atoms with Crippen molar-refractivity contribution in [2.45, 2.75) is 26.9 Å². The molecule has 3 aromatic heterocycles. The minimum atomic E-state index is -0.103. The fourth-order valence-electron chi connectivity index (χ4n) is 3.02. The van der Waals surface area contributed by atoms with Crippen molar-refractivity contribution in [3.05, 3.63) is 81.3 Å². The van der Waals surface area contributed by atoms with Crippen molar-refractivity contribution >= 4 is 28.3 Å². The molecule has 3 heterocycles. The number of aromatic nitrogens is 3. The lowest BCUT2D eigenvalue weighted by Crippen LogP contribution is -2.22. The van der Waals surface area contributed by atoms with Crippen LogP contribution in [0.25, 0.3) is 11.0 Å². The smallest absolute Gasteiger partial charge is 0.252 e. The molecule has 0 radical (unpaired) electrons. The van der Waals surface area contributed by atoms with E-state index in [0.29, 0.717) is 18.7 Å². The number of carbonyl (C=O) groups is 1. The lowest BCUT2D eigenvalue weighted by Gasteiger charge is -2.08. The number of hydrogen-bond donors (Lipinski definition) is 1. The summed E-state index contributed by atoms with van der Waals surface area (Å²) < 4.78 is 1.85. The van der Waals surface area contributed by atoms with Crippen LogP contribution >= 0.6 is 11.3 Å². The summed E-state index contributed by atoms with van der Waals surface area (Å²) in [5.74, 6) is -0.103. The average molecular weight is 376 g/mol. The van der Waals surface area contributed by atoms with Gasteiger partial charge in [-0.15, -0.1) is 11.3 Å². The lowest BCUT2D eigenvalue weighted by atomic mass is 10.1. The van der Waals surface area contributed by atoms with E-state index < -0.39 is 0 Å². The van der Waals surface area contributed by atoms with Crippen LogP contribution in [0.4, 0.5) is 0 Å². The number of nitrogens with one attached hydrogen (secondary N) is 1. The third-order valence-electron chi connectivity index (χ3n) is 4.44. The van der Waals surface area contributed by atoms with E-state index in [1.807, 2.05) is 35.2 Å². The Labute approximate surface area is 161 Å². The Bertz CT molecular complexity index is 1080. The summed E-state index contributed by atoms with van der Waals surface area (Å²) in [6, 6.07) is 14.2. The van der Waals surface area contributed by atoms with Gasteiger partial charge >= 0.3 is 0 Å². The molecule has 1 aromatic carbocycles. The zero-order chi connectivity index (χ0) is 18.8. The highest BCUT2D eigenvalue weighted by atomic mass is 32.1. The Kier molecular flexibility index (Phi) is 4.73. The van der Waals surface area contributed by atoms with Gasteiger partial charge in [0.15, 0.2) is 5.65 Å². The first-order valence-corrected chi connectivity index (χ1v) is 9.67. The minimum absolute atomic E-state index is 0.103. The van der Waals surface area contributed by atoms with Crippen LogP contribution in [-0.4, -0.2) is 20.7 Å². The zero-order valence-corrected chi connectivity index (χ0v) is 16.1. The van der Waals surface area contributed by atoms with Crippen LogP contribution in [0.5, 0.6) is 0 Å². The van der Waals surface area contributed by atoms with Gasteiger partial charge in [-0.1, -0.05) is 35.9 Å². The van der Waals surface area contributed by atoms with Crippen LogP contribution in [-0.2, 0) is 13.1 Å². The fourth-order valence-corrected chi connectivity index (χ4v) is 3.66. The monoisotopic (exact) mass is 376 g/mol. The molecule has 0 atom stereocenters. The van der Waals surface area contributed by atoms with Gasteiger partial charge in [-0.05, 0) is 36.9 Å². The molecule has 0 fully saturated rings. The minimum Gasteiger partial charge on any atom is -0.347 e. The van der Waals surface area contributed by atoms with Gasteiger partial charge in [-0.2, -0.15) is 5.10 Å². The van der Waals surface area contributed by atoms with Gasteiger partial charge in [0, 0.05) is 10.6 Å². The quantitative estimate of drug-likeness (QED) is 0.571. The van der Waals surface area contributed by atoms with Crippen molar-refractivity contribution in [2.75, 3.05) is 0 Å². The number of hydrogen-bond acceptors (Lipinski definition) is 4. The number of fused-ring (bicyclic) bond motifs is 1. The Balaban J connectivity index is 1.63. The maximum absolute atomic E-state index is 12.7. The Morgan fingerprint density at radius 2 is 2.00 bits per heavy atom. The molecule has 1 N–H and O–H groups in total. The van der Waals surface area contributed by atoms with Crippen LogP contribution in [0.3, 0.4) is 0 Å². The number of rotatable bonds is 5. The van der Waals surface area contributed by atoms with Crippen molar-refractivity contribution < 1.29 is 4.79 Å². The van der Waals surface area contributed by atoms with Crippen molar-refractivity contribution in [1.29, 1.82) is 0 Å². The normalized spacial score (nSPS) is 11.0. The predicted octanol–water partition coefficient (Wildman–Crippen LogP) is 4.09. The van der Waals surface area contributed by atoms with E-state index >= 15 is 0 Å². The zero-order valence-electron chi connectivity index (χ0n) is 15.3. The standard InChI is InChI=1S/C21H20N4OS/c1-14-5-7-16(8-6-14)13-25-20-19(12-23-25)18(10-15(2)24-20)21(26)22-11-17-4-3-9-27-17/h3-10,12H,11,13H2,1-2H3,(H,22,26). The summed E-state index contributed by atoms with van der Waals surface area (Å²) in [7, 11) is 0. The molecule has 136 valence electrons. The van der Waals surface area contributed by atoms with Crippen molar-refractivity contribution in [1.82, 2.24) is 20.1 Å². The molecule has 0 aliphatic rings. The highest BCUT2D eigenvalue weighted by Crippen LogP contribution is 2.20. The second-order valence-electron chi connectivity index (χ2n) is 6.60. The van der Waals surface area contributed by atoms with Crippen molar-refractivity contribution in [3.8, 4) is 0 Å². The molecule has 0 unspecified atom stereocenters. The number of carbonyl (C=O) groups excluding carboxylic acids is 1. The molecule has 4 rings (SSSR count). The second kappa shape index (κ2) is 7.32. The van der Waals surface area contributed by atoms with Gasteiger partial charge in [0.05, 0.1) is 30.2 Å². The van der Waals surface area contributed by atoms with E-state index in [9.17, 15) is 4.79 Å². The number of aryl methyl sites for hydroxylation is 2. The summed E-state index contributed by atoms with van der Waals surface area (Å²) in [5, 5.41) is 10.3. The first-order valence-electron chi connectivity index (χ1n) is 8.79. The molecule has 4 aromatic rings. The van der Waals surface area contributed by atoms with Gasteiger partial charge in [-0.25, -0.2) is 9.67 Å². The van der Waals surface area contributed by atoms with Gasteiger partial charge in [-0.3, -0.25) is 4.79 Å². The van der Waals surface area contributed by atoms with Crippen LogP contribution in [0.2, 0.25) is 0 Å². The molecule has 6 heteroatoms. The Morgan fingerprint density at radius 1 is 1.19 bits per heavy atom. The summed E-state index contributed by atoms with van der Waals surface area (Å²) in [4.78, 5) is 18.5. The van der Waals surface area contributed by atoms with E-state index in [0.717, 1.165) is 27.2 Å². The molecule has 1 amide bonds. The van der Waals surface area contributed by atoms with E-state index in [2.05, 4.69) is 46.6 Å². The van der Waals surface area contributed by atoms with E-state index in [1.54, 1.807) is 17.5 Å². The van der Waals surface area contributed by atoms with Crippen molar-refractivity contribution in [3.63, 3.8) is 0 Å². The number of benzene rings is 1. The number of nitrogens with zero attached hydrogens (tertiary/aromatic N) is 3. The molecular weight excluding hydrogens is 356 g/mol. The largest absolute Gasteiger partial charge is 0.347 e. The first kappa shape index (κ1) is 17.4.